The molecule has 0 unspecified atom stereocenters. The van der Waals surface area contributed by atoms with Gasteiger partial charge >= 0.3 is 0 Å². The molecule has 1 aliphatic rings. The number of benzene rings is 1. The van der Waals surface area contributed by atoms with Crippen LogP contribution in [0.25, 0.3) is 0 Å². The number of carbonyl (C=O) groups excluding carboxylic acids is 2. The van der Waals surface area contributed by atoms with Crippen LogP contribution in [-0.2, 0) is 0 Å². The molecule has 1 fully saturated rings. The Balaban J connectivity index is 1.48. The van der Waals surface area contributed by atoms with E-state index in [-0.39, 0.29) is 16.9 Å². The summed E-state index contributed by atoms with van der Waals surface area (Å²) in [7, 11) is 0. The summed E-state index contributed by atoms with van der Waals surface area (Å²) in [6.07, 6.45) is 5.44. The van der Waals surface area contributed by atoms with Gasteiger partial charge in [0.2, 0.25) is 0 Å². The summed E-state index contributed by atoms with van der Waals surface area (Å²) in [5, 5.41) is 9.50. The molecule has 4 rings (SSSR count). The van der Waals surface area contributed by atoms with Gasteiger partial charge in [0, 0.05) is 30.9 Å². The monoisotopic (exact) mass is 485 g/mol. The fourth-order valence-corrected chi connectivity index (χ4v) is 3.59. The zero-order valence-corrected chi connectivity index (χ0v) is 19.0. The van der Waals surface area contributed by atoms with E-state index in [4.69, 9.17) is 23.2 Å². The molecule has 0 atom stereocenters. The highest BCUT2D eigenvalue weighted by molar-refractivity contribution is 6.31. The van der Waals surface area contributed by atoms with E-state index < -0.39 is 11.8 Å². The van der Waals surface area contributed by atoms with Crippen LogP contribution < -0.4 is 20.9 Å². The molecule has 0 bridgehead atoms. The second kappa shape index (κ2) is 10.6. The second-order valence-corrected chi connectivity index (χ2v) is 8.18. The largest absolute Gasteiger partial charge is 0.354 e. The van der Waals surface area contributed by atoms with Crippen molar-refractivity contribution >= 4 is 52.3 Å². The zero-order chi connectivity index (χ0) is 23.2. The normalized spacial score (nSPS) is 13.8. The maximum absolute atomic E-state index is 12.8. The van der Waals surface area contributed by atoms with Crippen LogP contribution in [0.15, 0.2) is 48.9 Å². The third-order valence-corrected chi connectivity index (χ3v) is 5.44. The first-order valence-corrected chi connectivity index (χ1v) is 11.1. The van der Waals surface area contributed by atoms with Gasteiger partial charge in [-0.25, -0.2) is 15.0 Å². The van der Waals surface area contributed by atoms with E-state index in [1.807, 2.05) is 0 Å². The van der Waals surface area contributed by atoms with Crippen molar-refractivity contribution in [3.8, 4) is 0 Å². The number of nitrogens with one attached hydrogen (secondary N) is 3. The molecule has 3 N–H and O–H groups in total. The van der Waals surface area contributed by atoms with Gasteiger partial charge in [0.25, 0.3) is 11.8 Å². The van der Waals surface area contributed by atoms with Crippen molar-refractivity contribution in [3.63, 3.8) is 0 Å². The molecule has 33 heavy (non-hydrogen) atoms. The quantitative estimate of drug-likeness (QED) is 0.506. The van der Waals surface area contributed by atoms with Crippen LogP contribution >= 0.6 is 23.2 Å². The van der Waals surface area contributed by atoms with Gasteiger partial charge in [-0.3, -0.25) is 9.59 Å². The number of amides is 2. The number of pyridine rings is 1. The SMILES string of the molecule is O=C(Nc1ccc(Cl)cc1C(=O)Nc1ccc(Cl)cn1)c1cnc(N2CCCNCC2)cn1. The topological polar surface area (TPSA) is 112 Å². The van der Waals surface area contributed by atoms with Gasteiger partial charge in [-0.1, -0.05) is 23.2 Å². The molecule has 1 aromatic carbocycles. The number of hydrogen-bond acceptors (Lipinski definition) is 7. The predicted octanol–water partition coefficient (Wildman–Crippen LogP) is 3.48. The molecule has 0 spiro atoms. The average Bonchev–Trinajstić information content (AvgIpc) is 3.11. The van der Waals surface area contributed by atoms with Gasteiger partial charge in [-0.05, 0) is 43.3 Å². The summed E-state index contributed by atoms with van der Waals surface area (Å²) in [5.41, 5.74) is 0.585. The number of aromatic nitrogens is 3. The van der Waals surface area contributed by atoms with Crippen LogP contribution in [0.3, 0.4) is 0 Å². The first kappa shape index (κ1) is 22.9. The van der Waals surface area contributed by atoms with Crippen molar-refractivity contribution in [3.05, 3.63) is 70.2 Å². The summed E-state index contributed by atoms with van der Waals surface area (Å²) >= 11 is 11.9. The van der Waals surface area contributed by atoms with E-state index in [9.17, 15) is 9.59 Å². The van der Waals surface area contributed by atoms with Gasteiger partial charge in [0.05, 0.1) is 28.7 Å². The van der Waals surface area contributed by atoms with Crippen LogP contribution in [0.1, 0.15) is 27.3 Å². The zero-order valence-electron chi connectivity index (χ0n) is 17.5. The van der Waals surface area contributed by atoms with Gasteiger partial charge in [-0.2, -0.15) is 0 Å². The lowest BCUT2D eigenvalue weighted by Crippen LogP contribution is -2.29. The second-order valence-electron chi connectivity index (χ2n) is 7.31. The van der Waals surface area contributed by atoms with Crippen LogP contribution in [0.4, 0.5) is 17.3 Å². The maximum Gasteiger partial charge on any atom is 0.275 e. The Kier molecular flexibility index (Phi) is 7.33. The Bertz CT molecular complexity index is 1130. The molecular weight excluding hydrogens is 465 g/mol. The van der Waals surface area contributed by atoms with Crippen molar-refractivity contribution in [1.29, 1.82) is 0 Å². The molecule has 3 heterocycles. The van der Waals surface area contributed by atoms with Gasteiger partial charge in [-0.15, -0.1) is 0 Å². The first-order valence-electron chi connectivity index (χ1n) is 10.3. The molecule has 2 aromatic heterocycles. The van der Waals surface area contributed by atoms with Crippen molar-refractivity contribution in [2.45, 2.75) is 6.42 Å². The minimum atomic E-state index is -0.493. The Morgan fingerprint density at radius 1 is 0.879 bits per heavy atom. The molecular formula is C22H21Cl2N7O2. The molecule has 1 saturated heterocycles. The smallest absolute Gasteiger partial charge is 0.275 e. The molecule has 1 aliphatic heterocycles. The van der Waals surface area contributed by atoms with Crippen LogP contribution in [0.5, 0.6) is 0 Å². The van der Waals surface area contributed by atoms with E-state index in [0.29, 0.717) is 15.9 Å². The van der Waals surface area contributed by atoms with Crippen LogP contribution in [-0.4, -0.2) is 52.9 Å². The van der Waals surface area contributed by atoms with E-state index in [1.165, 1.54) is 18.5 Å². The van der Waals surface area contributed by atoms with E-state index in [2.05, 4.69) is 35.8 Å². The van der Waals surface area contributed by atoms with Crippen molar-refractivity contribution in [1.82, 2.24) is 20.3 Å². The third kappa shape index (κ3) is 5.95. The van der Waals surface area contributed by atoms with Crippen molar-refractivity contribution in [2.75, 3.05) is 41.7 Å². The number of halogens is 2. The van der Waals surface area contributed by atoms with E-state index in [0.717, 1.165) is 38.4 Å². The van der Waals surface area contributed by atoms with E-state index >= 15 is 0 Å². The molecule has 2 amide bonds. The van der Waals surface area contributed by atoms with E-state index in [1.54, 1.807) is 30.5 Å². The van der Waals surface area contributed by atoms with Gasteiger partial charge < -0.3 is 20.9 Å². The Morgan fingerprint density at radius 3 is 2.48 bits per heavy atom. The summed E-state index contributed by atoms with van der Waals surface area (Å²) in [4.78, 5) is 40.4. The summed E-state index contributed by atoms with van der Waals surface area (Å²) in [5.74, 6) is 0.0514. The standard InChI is InChI=1S/C22H21Cl2N7O2/c23-14-2-4-17(16(10-14)21(32)30-19-5-3-15(24)11-27-19)29-22(33)18-12-28-20(13-26-18)31-8-1-6-25-7-9-31/h2-5,10-13,25H,1,6-9H2,(H,29,33)(H,27,30,32). The third-order valence-electron chi connectivity index (χ3n) is 4.98. The Morgan fingerprint density at radius 2 is 1.73 bits per heavy atom. The fraction of sp³-hybridized carbons (Fsp3) is 0.227. The number of rotatable bonds is 5. The average molecular weight is 486 g/mol. The Hall–Kier alpha value is -3.27. The Labute approximate surface area is 200 Å². The van der Waals surface area contributed by atoms with Gasteiger partial charge in [0.15, 0.2) is 0 Å². The fourth-order valence-electron chi connectivity index (χ4n) is 3.31. The highest BCUT2D eigenvalue weighted by Gasteiger charge is 2.18. The lowest BCUT2D eigenvalue weighted by atomic mass is 10.1. The minimum Gasteiger partial charge on any atom is -0.354 e. The number of nitrogens with zero attached hydrogens (tertiary/aromatic N) is 4. The number of carbonyl (C=O) groups is 2. The lowest BCUT2D eigenvalue weighted by molar-refractivity contribution is 0.102. The minimum absolute atomic E-state index is 0.132. The van der Waals surface area contributed by atoms with Crippen LogP contribution in [0.2, 0.25) is 10.0 Å². The van der Waals surface area contributed by atoms with Crippen LogP contribution in [0, 0.1) is 0 Å². The van der Waals surface area contributed by atoms with Crippen molar-refractivity contribution < 1.29 is 9.59 Å². The molecule has 0 radical (unpaired) electrons. The molecule has 0 aliphatic carbocycles. The first-order chi connectivity index (χ1) is 16.0. The maximum atomic E-state index is 12.8. The molecule has 3 aromatic rings. The number of anilines is 3. The summed E-state index contributed by atoms with van der Waals surface area (Å²) < 4.78 is 0. The lowest BCUT2D eigenvalue weighted by Gasteiger charge is -2.20. The molecule has 11 heteroatoms. The highest BCUT2D eigenvalue weighted by atomic mass is 35.5. The van der Waals surface area contributed by atoms with Crippen molar-refractivity contribution in [2.24, 2.45) is 0 Å². The predicted molar refractivity (Wildman–Crippen MR) is 128 cm³/mol. The number of hydrogen-bond donors (Lipinski definition) is 3. The highest BCUT2D eigenvalue weighted by Crippen LogP contribution is 2.23. The molecule has 9 nitrogen and oxygen atoms in total. The summed E-state index contributed by atoms with van der Waals surface area (Å²) in [6.45, 7) is 3.54. The molecule has 0 saturated carbocycles. The molecule has 170 valence electrons. The summed E-state index contributed by atoms with van der Waals surface area (Å²) in [6, 6.07) is 7.77. The van der Waals surface area contributed by atoms with Gasteiger partial charge in [0.1, 0.15) is 17.3 Å².